The van der Waals surface area contributed by atoms with E-state index in [-0.39, 0.29) is 64.3 Å². The van der Waals surface area contributed by atoms with Crippen LogP contribution in [0.4, 0.5) is 37.7 Å². The summed E-state index contributed by atoms with van der Waals surface area (Å²) < 4.78 is 93.3. The van der Waals surface area contributed by atoms with Gasteiger partial charge in [-0.25, -0.2) is 0 Å². The molecule has 0 unspecified atom stereocenters. The lowest BCUT2D eigenvalue weighted by atomic mass is 10.0. The first kappa shape index (κ1) is 60.1. The molecule has 3 saturated heterocycles. The van der Waals surface area contributed by atoms with Gasteiger partial charge in [0.05, 0.1) is 62.8 Å². The van der Waals surface area contributed by atoms with Crippen molar-refractivity contribution < 1.29 is 55.0 Å². The second-order valence-electron chi connectivity index (χ2n) is 17.5. The molecule has 0 spiro atoms. The molecule has 0 aliphatic carbocycles. The number of carbonyl (C=O) groups is 4. The summed E-state index contributed by atoms with van der Waals surface area (Å²) in [5, 5.41) is 16.5. The summed E-state index contributed by atoms with van der Waals surface area (Å²) in [4.78, 5) is 60.1. The third kappa shape index (κ3) is 14.1. The maximum Gasteiger partial charge on any atom is 0.436 e. The minimum atomic E-state index is -4.72. The molecule has 0 atom stereocenters. The molecule has 0 saturated carbocycles. The Bertz CT molecular complexity index is 2990. The van der Waals surface area contributed by atoms with Crippen LogP contribution in [0.15, 0.2) is 54.6 Å². The molecule has 5 heterocycles. The SMILES string of the molecule is COc1cc(N2CCN(C(=O)Cn3nc(C(F)(F)F)c(-c4ccccc4)c3C)CC2)c(C(=O)N2CCCC2)cc1Cl.COc1cc(N2CCN(C(=O)Cn3nc(C(F)(F)F)c(Cl)c3C)CC2)c(C(=O)C#N)cc1Cl.ClCCl. The largest absolute Gasteiger partial charge is 0.495 e. The van der Waals surface area contributed by atoms with Crippen LogP contribution in [0.3, 0.4) is 0 Å². The van der Waals surface area contributed by atoms with Gasteiger partial charge in [0.2, 0.25) is 11.8 Å². The molecular weight excluding hydrogens is 1130 g/mol. The standard InChI is InChI=1S/C29H31ClF3N5O3.C20H18Cl2F3N5O3.CH2Cl2/c1-19-26(20-8-4-3-5-9-20)27(29(31,32)33)34-38(19)18-25(39)36-14-12-35(13-15-36)23-17-24(41-2)22(30)16-21(23)28(40)37-10-6-7-11-37;1-11-18(22)19(20(23,24)25)27-30(11)10-17(32)29-5-3-28(4-6-29)14-8-16(33-2)13(21)7-12(14)15(31)9-26;2-1-3/h3-5,8-9,16-17H,6-7,10-15,18H2,1-2H3;7-8H,3-6,10H2,1-2H3;1H2. The number of hydrogen-bond donors (Lipinski definition) is 0. The van der Waals surface area contributed by atoms with Crippen LogP contribution in [0.2, 0.25) is 15.1 Å². The van der Waals surface area contributed by atoms with Crippen LogP contribution in [0.25, 0.3) is 11.1 Å². The highest BCUT2D eigenvalue weighted by Crippen LogP contribution is 2.40. The highest BCUT2D eigenvalue weighted by Gasteiger charge is 2.41. The number of halogens is 11. The van der Waals surface area contributed by atoms with Crippen molar-refractivity contribution in [2.45, 2.75) is 52.1 Å². The Morgan fingerprint density at radius 2 is 1.05 bits per heavy atom. The van der Waals surface area contributed by atoms with Crippen molar-refractivity contribution in [2.75, 3.05) is 94.8 Å². The van der Waals surface area contributed by atoms with Gasteiger partial charge in [-0.2, -0.15) is 41.8 Å². The number of amides is 3. The summed E-state index contributed by atoms with van der Waals surface area (Å²) in [6.07, 6.45) is -7.47. The first-order valence-electron chi connectivity index (χ1n) is 23.6. The summed E-state index contributed by atoms with van der Waals surface area (Å²) >= 11 is 27.7. The normalized spacial score (nSPS) is 14.8. The van der Waals surface area contributed by atoms with Crippen LogP contribution >= 0.6 is 58.0 Å². The topological polar surface area (TPSA) is 162 Å². The van der Waals surface area contributed by atoms with E-state index in [1.807, 2.05) is 14.7 Å². The quantitative estimate of drug-likeness (QED) is 0.0536. The number of benzene rings is 3. The second kappa shape index (κ2) is 26.0. The van der Waals surface area contributed by atoms with Crippen LogP contribution in [0.1, 0.15) is 56.3 Å². The smallest absolute Gasteiger partial charge is 0.436 e. The number of carbonyl (C=O) groups excluding carboxylic acids is 4. The Labute approximate surface area is 464 Å². The van der Waals surface area contributed by atoms with E-state index in [0.717, 1.165) is 22.2 Å². The Kier molecular flexibility index (Phi) is 20.3. The maximum atomic E-state index is 13.9. The van der Waals surface area contributed by atoms with Gasteiger partial charge >= 0.3 is 12.4 Å². The number of nitrogens with zero attached hydrogens (tertiary/aromatic N) is 10. The van der Waals surface area contributed by atoms with Crippen LogP contribution < -0.4 is 19.3 Å². The van der Waals surface area contributed by atoms with Crippen molar-refractivity contribution >= 4 is 92.9 Å². The van der Waals surface area contributed by atoms with Gasteiger partial charge in [-0.3, -0.25) is 28.5 Å². The van der Waals surface area contributed by atoms with E-state index in [0.29, 0.717) is 91.4 Å². The third-order valence-electron chi connectivity index (χ3n) is 13.0. The fourth-order valence-electron chi connectivity index (χ4n) is 8.98. The van der Waals surface area contributed by atoms with Crippen molar-refractivity contribution in [3.63, 3.8) is 0 Å². The number of Topliss-reactive ketones (excluding diaryl/α,β-unsaturated/α-hetero) is 1. The average molecular weight is 1180 g/mol. The summed E-state index contributed by atoms with van der Waals surface area (Å²) in [6, 6.07) is 16.1. The van der Waals surface area contributed by atoms with Crippen LogP contribution in [0, 0.1) is 25.2 Å². The van der Waals surface area contributed by atoms with Gasteiger partial charge in [0.15, 0.2) is 11.4 Å². The predicted molar refractivity (Wildman–Crippen MR) is 280 cm³/mol. The average Bonchev–Trinajstić information content (AvgIpc) is 4.15. The number of nitriles is 1. The summed E-state index contributed by atoms with van der Waals surface area (Å²) in [5.74, 6) is -0.838. The Morgan fingerprint density at radius 1 is 0.623 bits per heavy atom. The lowest BCUT2D eigenvalue weighted by Crippen LogP contribution is -2.50. The Morgan fingerprint density at radius 3 is 1.48 bits per heavy atom. The summed E-state index contributed by atoms with van der Waals surface area (Å²) in [6.45, 7) is 6.22. The summed E-state index contributed by atoms with van der Waals surface area (Å²) in [7, 11) is 2.93. The van der Waals surface area contributed by atoms with Crippen molar-refractivity contribution in [2.24, 2.45) is 0 Å². The molecule has 5 aromatic rings. The zero-order valence-corrected chi connectivity index (χ0v) is 45.7. The molecule has 3 fully saturated rings. The van der Waals surface area contributed by atoms with Crippen molar-refractivity contribution in [3.8, 4) is 28.7 Å². The van der Waals surface area contributed by atoms with E-state index in [1.165, 1.54) is 32.1 Å². The molecule has 3 amide bonds. The number of alkyl halides is 8. The number of methoxy groups -OCH3 is 2. The molecule has 3 aromatic carbocycles. The number of ether oxygens (including phenoxy) is 2. The monoisotopic (exact) mass is 1180 g/mol. The number of ketones is 1. The van der Waals surface area contributed by atoms with Gasteiger partial charge < -0.3 is 34.0 Å². The van der Waals surface area contributed by atoms with Gasteiger partial charge in [-0.05, 0) is 44.4 Å². The molecule has 2 aromatic heterocycles. The highest BCUT2D eigenvalue weighted by molar-refractivity contribution is 6.40. The molecule has 0 N–H and O–H groups in total. The fraction of sp³-hybridized carbons (Fsp3) is 0.420. The first-order valence-corrected chi connectivity index (χ1v) is 25.8. The highest BCUT2D eigenvalue weighted by atomic mass is 35.5. The Hall–Kier alpha value is -6.12. The van der Waals surface area contributed by atoms with Gasteiger partial charge in [-0.15, -0.1) is 23.2 Å². The van der Waals surface area contributed by atoms with Crippen molar-refractivity contribution in [1.29, 1.82) is 5.26 Å². The van der Waals surface area contributed by atoms with Crippen molar-refractivity contribution in [1.82, 2.24) is 34.3 Å². The number of piperazine rings is 2. The van der Waals surface area contributed by atoms with E-state index in [1.54, 1.807) is 66.4 Å². The van der Waals surface area contributed by atoms with Crippen LogP contribution in [-0.4, -0.2) is 143 Å². The lowest BCUT2D eigenvalue weighted by molar-refractivity contribution is -0.142. The minimum Gasteiger partial charge on any atom is -0.495 e. The molecule has 3 aliphatic heterocycles. The zero-order chi connectivity index (χ0) is 56.5. The van der Waals surface area contributed by atoms with Crippen LogP contribution in [0.5, 0.6) is 11.5 Å². The lowest BCUT2D eigenvalue weighted by Gasteiger charge is -2.37. The molecule has 77 heavy (non-hydrogen) atoms. The number of anilines is 2. The first-order chi connectivity index (χ1) is 36.5. The molecule has 0 radical (unpaired) electrons. The third-order valence-corrected chi connectivity index (χ3v) is 14.0. The minimum absolute atomic E-state index is 0.0254. The van der Waals surface area contributed by atoms with Gasteiger partial charge in [0.1, 0.15) is 30.7 Å². The van der Waals surface area contributed by atoms with E-state index in [2.05, 4.69) is 10.2 Å². The van der Waals surface area contributed by atoms with Crippen LogP contribution in [-0.2, 0) is 35.0 Å². The second-order valence-corrected chi connectivity index (χ2v) is 19.5. The molecule has 27 heteroatoms. The molecule has 3 aliphatic rings. The molecule has 0 bridgehead atoms. The Balaban J connectivity index is 0.000000243. The zero-order valence-electron chi connectivity index (χ0n) is 41.9. The van der Waals surface area contributed by atoms with E-state index < -0.39 is 47.0 Å². The number of rotatable bonds is 11. The van der Waals surface area contributed by atoms with Gasteiger partial charge in [0, 0.05) is 88.8 Å². The number of hydrogen-bond acceptors (Lipinski definition) is 11. The molecule has 414 valence electrons. The van der Waals surface area contributed by atoms with E-state index >= 15 is 0 Å². The summed E-state index contributed by atoms with van der Waals surface area (Å²) in [5.41, 5.74) is 0.168. The predicted octanol–water partition coefficient (Wildman–Crippen LogP) is 10.1. The van der Waals surface area contributed by atoms with E-state index in [4.69, 9.17) is 72.7 Å². The van der Waals surface area contributed by atoms with Gasteiger partial charge in [0.25, 0.3) is 11.7 Å². The van der Waals surface area contributed by atoms with E-state index in [9.17, 15) is 45.5 Å². The van der Waals surface area contributed by atoms with Gasteiger partial charge in [-0.1, -0.05) is 65.1 Å². The maximum absolute atomic E-state index is 13.9. The fourth-order valence-corrected chi connectivity index (χ4v) is 9.71. The van der Waals surface area contributed by atoms with Crippen molar-refractivity contribution in [3.05, 3.63) is 104 Å². The molecule has 16 nitrogen and oxygen atoms in total. The molecule has 8 rings (SSSR count). The number of likely N-dealkylation sites (tertiary alicyclic amines) is 1. The molecular formula is C50H51Cl5F6N10O6. The number of aromatic nitrogens is 4.